The van der Waals surface area contributed by atoms with E-state index in [0.717, 1.165) is 0 Å². The third kappa shape index (κ3) is 1.27. The van der Waals surface area contributed by atoms with Crippen LogP contribution >= 0.6 is 23.2 Å². The minimum Gasteiger partial charge on any atom is -0.289 e. The molecule has 0 bridgehead atoms. The fourth-order valence-electron chi connectivity index (χ4n) is 1.35. The van der Waals surface area contributed by atoms with Crippen molar-refractivity contribution >= 4 is 34.8 Å². The number of carbonyl (C=O) groups excluding carboxylic acids is 2. The van der Waals surface area contributed by atoms with E-state index in [-0.39, 0.29) is 32.7 Å². The topological polar surface area (TPSA) is 34.1 Å². The number of rotatable bonds is 0. The van der Waals surface area contributed by atoms with E-state index in [0.29, 0.717) is 0 Å². The number of fused-ring (bicyclic) bond motifs is 1. The normalized spacial score (nSPS) is 14.4. The van der Waals surface area contributed by atoms with Gasteiger partial charge in [-0.2, -0.15) is 0 Å². The molecular weight excluding hydrogens is 223 g/mol. The zero-order valence-corrected chi connectivity index (χ0v) is 8.39. The third-order valence-corrected chi connectivity index (χ3v) is 2.61. The summed E-state index contributed by atoms with van der Waals surface area (Å²) in [5.41, 5.74) is 0.401. The molecule has 1 aliphatic carbocycles. The van der Waals surface area contributed by atoms with Gasteiger partial charge >= 0.3 is 0 Å². The minimum atomic E-state index is -0.285. The van der Waals surface area contributed by atoms with Crippen LogP contribution in [0, 0.1) is 0 Å². The Morgan fingerprint density at radius 1 is 0.786 bits per heavy atom. The van der Waals surface area contributed by atoms with Crippen LogP contribution in [0.1, 0.15) is 20.7 Å². The quantitative estimate of drug-likeness (QED) is 0.682. The van der Waals surface area contributed by atoms with Gasteiger partial charge in [-0.15, -0.1) is 0 Å². The molecule has 0 heterocycles. The molecule has 0 aliphatic heterocycles. The number of ketones is 2. The maximum absolute atomic E-state index is 11.4. The van der Waals surface area contributed by atoms with E-state index >= 15 is 0 Å². The molecule has 0 spiro atoms. The molecular formula is C10H4Cl2O2. The first-order chi connectivity index (χ1) is 6.61. The molecule has 2 nitrogen and oxygen atoms in total. The Bertz CT molecular complexity index is 432. The standard InChI is InChI=1S/C10H4Cl2O2/c11-5-1-2-6(12)10-8(14)4-3-7(13)9(5)10/h1-4H. The number of halogens is 2. The van der Waals surface area contributed by atoms with Crippen LogP contribution in [0.5, 0.6) is 0 Å². The van der Waals surface area contributed by atoms with Crippen molar-refractivity contribution in [2.45, 2.75) is 0 Å². The summed E-state index contributed by atoms with van der Waals surface area (Å²) >= 11 is 11.6. The molecule has 70 valence electrons. The van der Waals surface area contributed by atoms with Crippen LogP contribution in [0.3, 0.4) is 0 Å². The second-order valence-corrected chi connectivity index (χ2v) is 3.66. The summed E-state index contributed by atoms with van der Waals surface area (Å²) in [6, 6.07) is 3.01. The van der Waals surface area contributed by atoms with E-state index < -0.39 is 0 Å². The fourth-order valence-corrected chi connectivity index (χ4v) is 1.85. The molecule has 1 aliphatic rings. The zero-order chi connectivity index (χ0) is 10.3. The Morgan fingerprint density at radius 3 is 1.50 bits per heavy atom. The predicted octanol–water partition coefficient (Wildman–Crippen LogP) is 2.93. The van der Waals surface area contributed by atoms with Gasteiger partial charge in [-0.25, -0.2) is 0 Å². The summed E-state index contributed by atoms with van der Waals surface area (Å²) in [4.78, 5) is 22.8. The van der Waals surface area contributed by atoms with Crippen molar-refractivity contribution < 1.29 is 9.59 Å². The first-order valence-electron chi connectivity index (χ1n) is 3.86. The van der Waals surface area contributed by atoms with Crippen LogP contribution in [-0.4, -0.2) is 11.6 Å². The van der Waals surface area contributed by atoms with Crippen LogP contribution in [0.25, 0.3) is 0 Å². The Hall–Kier alpha value is -1.12. The van der Waals surface area contributed by atoms with Crippen LogP contribution in [0.4, 0.5) is 0 Å². The average Bonchev–Trinajstić information content (AvgIpc) is 2.16. The predicted molar refractivity (Wildman–Crippen MR) is 54.3 cm³/mol. The first kappa shape index (κ1) is 9.44. The SMILES string of the molecule is O=C1C=CC(=O)c2c(Cl)ccc(Cl)c21. The van der Waals surface area contributed by atoms with E-state index in [2.05, 4.69) is 0 Å². The minimum absolute atomic E-state index is 0.201. The molecule has 0 amide bonds. The summed E-state index contributed by atoms with van der Waals surface area (Å²) < 4.78 is 0. The van der Waals surface area contributed by atoms with Gasteiger partial charge < -0.3 is 0 Å². The highest BCUT2D eigenvalue weighted by Gasteiger charge is 2.24. The van der Waals surface area contributed by atoms with Gasteiger partial charge in [-0.05, 0) is 24.3 Å². The lowest BCUT2D eigenvalue weighted by atomic mass is 9.95. The Morgan fingerprint density at radius 2 is 1.14 bits per heavy atom. The van der Waals surface area contributed by atoms with Crippen molar-refractivity contribution in [1.29, 1.82) is 0 Å². The lowest BCUT2D eigenvalue weighted by Gasteiger charge is -2.11. The highest BCUT2D eigenvalue weighted by Crippen LogP contribution is 2.30. The van der Waals surface area contributed by atoms with Crippen molar-refractivity contribution in [3.8, 4) is 0 Å². The van der Waals surface area contributed by atoms with Crippen LogP contribution in [-0.2, 0) is 0 Å². The molecule has 1 aromatic carbocycles. The summed E-state index contributed by atoms with van der Waals surface area (Å²) in [6.45, 7) is 0. The Labute approximate surface area is 90.1 Å². The van der Waals surface area contributed by atoms with Crippen LogP contribution in [0.15, 0.2) is 24.3 Å². The highest BCUT2D eigenvalue weighted by atomic mass is 35.5. The van der Waals surface area contributed by atoms with Crippen molar-refractivity contribution in [2.75, 3.05) is 0 Å². The van der Waals surface area contributed by atoms with Crippen molar-refractivity contribution in [3.63, 3.8) is 0 Å². The molecule has 0 unspecified atom stereocenters. The molecule has 4 heteroatoms. The zero-order valence-electron chi connectivity index (χ0n) is 6.88. The largest absolute Gasteiger partial charge is 0.289 e. The van der Waals surface area contributed by atoms with Crippen LogP contribution < -0.4 is 0 Å². The van der Waals surface area contributed by atoms with Crippen LogP contribution in [0.2, 0.25) is 10.0 Å². The number of allylic oxidation sites excluding steroid dienone is 2. The van der Waals surface area contributed by atoms with E-state index in [4.69, 9.17) is 23.2 Å². The van der Waals surface area contributed by atoms with Gasteiger partial charge in [-0.1, -0.05) is 23.2 Å². The second kappa shape index (κ2) is 3.23. The number of carbonyl (C=O) groups is 2. The van der Waals surface area contributed by atoms with Gasteiger partial charge in [0.15, 0.2) is 11.6 Å². The lowest BCUT2D eigenvalue weighted by Crippen LogP contribution is -2.12. The van der Waals surface area contributed by atoms with E-state index in [1.807, 2.05) is 0 Å². The molecule has 14 heavy (non-hydrogen) atoms. The van der Waals surface area contributed by atoms with Crippen molar-refractivity contribution in [1.82, 2.24) is 0 Å². The highest BCUT2D eigenvalue weighted by molar-refractivity contribution is 6.41. The first-order valence-corrected chi connectivity index (χ1v) is 4.61. The van der Waals surface area contributed by atoms with Crippen molar-refractivity contribution in [3.05, 3.63) is 45.5 Å². The lowest BCUT2D eigenvalue weighted by molar-refractivity contribution is 0.0994. The van der Waals surface area contributed by atoms with E-state index in [1.54, 1.807) is 0 Å². The molecule has 0 atom stereocenters. The van der Waals surface area contributed by atoms with E-state index in [9.17, 15) is 9.59 Å². The molecule has 0 radical (unpaired) electrons. The Kier molecular flexibility index (Phi) is 2.17. The molecule has 1 aromatic rings. The summed E-state index contributed by atoms with van der Waals surface area (Å²) in [6.07, 6.45) is 2.40. The van der Waals surface area contributed by atoms with Gasteiger partial charge in [0.05, 0.1) is 21.2 Å². The average molecular weight is 227 g/mol. The second-order valence-electron chi connectivity index (χ2n) is 2.84. The maximum Gasteiger partial charge on any atom is 0.188 e. The fraction of sp³-hybridized carbons (Fsp3) is 0. The third-order valence-electron chi connectivity index (χ3n) is 1.98. The molecule has 0 saturated carbocycles. The summed E-state index contributed by atoms with van der Waals surface area (Å²) in [5.74, 6) is -0.570. The monoisotopic (exact) mass is 226 g/mol. The van der Waals surface area contributed by atoms with Gasteiger partial charge in [0, 0.05) is 0 Å². The number of hydrogen-bond acceptors (Lipinski definition) is 2. The molecule has 0 N–H and O–H groups in total. The van der Waals surface area contributed by atoms with E-state index in [1.165, 1.54) is 24.3 Å². The van der Waals surface area contributed by atoms with Gasteiger partial charge in [-0.3, -0.25) is 9.59 Å². The number of benzene rings is 1. The van der Waals surface area contributed by atoms with Gasteiger partial charge in [0.2, 0.25) is 0 Å². The summed E-state index contributed by atoms with van der Waals surface area (Å²) in [7, 11) is 0. The number of hydrogen-bond donors (Lipinski definition) is 0. The molecule has 0 fully saturated rings. The van der Waals surface area contributed by atoms with Gasteiger partial charge in [0.1, 0.15) is 0 Å². The van der Waals surface area contributed by atoms with Gasteiger partial charge in [0.25, 0.3) is 0 Å². The summed E-state index contributed by atoms with van der Waals surface area (Å²) in [5, 5.41) is 0.513. The smallest absolute Gasteiger partial charge is 0.188 e. The van der Waals surface area contributed by atoms with Crippen molar-refractivity contribution in [2.24, 2.45) is 0 Å². The Balaban J connectivity index is 2.83. The molecule has 0 aromatic heterocycles. The molecule has 0 saturated heterocycles. The maximum atomic E-state index is 11.4. The molecule has 2 rings (SSSR count).